The van der Waals surface area contributed by atoms with Gasteiger partial charge in [-0.2, -0.15) is 10.2 Å². The number of amides is 1. The number of H-pyrrole nitrogens is 1. The average molecular weight is 440 g/mol. The van der Waals surface area contributed by atoms with Gasteiger partial charge in [0.05, 0.1) is 22.5 Å². The zero-order valence-corrected chi connectivity index (χ0v) is 17.5. The molecule has 11 heteroatoms. The fourth-order valence-corrected chi connectivity index (χ4v) is 4.01. The lowest BCUT2D eigenvalue weighted by molar-refractivity contribution is 0.101. The van der Waals surface area contributed by atoms with Gasteiger partial charge in [-0.25, -0.2) is 9.67 Å². The van der Waals surface area contributed by atoms with Crippen molar-refractivity contribution >= 4 is 34.6 Å². The zero-order valence-electron chi connectivity index (χ0n) is 15.9. The van der Waals surface area contributed by atoms with Gasteiger partial charge >= 0.3 is 0 Å². The lowest BCUT2D eigenvalue weighted by Gasteiger charge is -2.01. The average Bonchev–Trinajstić information content (AvgIpc) is 3.40. The molecule has 30 heavy (non-hydrogen) atoms. The summed E-state index contributed by atoms with van der Waals surface area (Å²) >= 11 is 6.51. The van der Waals surface area contributed by atoms with Gasteiger partial charge < -0.3 is 5.11 Å². The number of nitrogens with zero attached hydrogens (tertiary/aromatic N) is 5. The molecule has 152 valence electrons. The van der Waals surface area contributed by atoms with E-state index in [0.717, 1.165) is 10.6 Å². The smallest absolute Gasteiger partial charge is 0.281 e. The number of carbonyl (C=O) groups is 1. The summed E-state index contributed by atoms with van der Waals surface area (Å²) in [6.07, 6.45) is 3.11. The minimum absolute atomic E-state index is 0.0948. The fourth-order valence-electron chi connectivity index (χ4n) is 2.84. The van der Waals surface area contributed by atoms with Crippen molar-refractivity contribution in [1.82, 2.24) is 29.5 Å². The molecule has 0 spiro atoms. The second kappa shape index (κ2) is 8.05. The lowest BCUT2D eigenvalue weighted by atomic mass is 10.3. The van der Waals surface area contributed by atoms with Crippen LogP contribution in [0, 0.1) is 11.7 Å². The Bertz CT molecular complexity index is 1280. The summed E-state index contributed by atoms with van der Waals surface area (Å²) in [7, 11) is 0. The van der Waals surface area contributed by atoms with Crippen LogP contribution in [-0.4, -0.2) is 40.5 Å². The van der Waals surface area contributed by atoms with Crippen molar-refractivity contribution < 1.29 is 9.90 Å². The Labute approximate surface area is 180 Å². The van der Waals surface area contributed by atoms with E-state index in [0.29, 0.717) is 28.0 Å². The Morgan fingerprint density at radius 2 is 2.17 bits per heavy atom. The van der Waals surface area contributed by atoms with E-state index in [-0.39, 0.29) is 11.4 Å². The minimum atomic E-state index is -0.563. The number of rotatable bonds is 6. The Morgan fingerprint density at radius 3 is 2.90 bits per heavy atom. The van der Waals surface area contributed by atoms with Crippen molar-refractivity contribution in [3.05, 3.63) is 65.3 Å². The predicted molar refractivity (Wildman–Crippen MR) is 117 cm³/mol. The molecule has 0 aliphatic rings. The van der Waals surface area contributed by atoms with Gasteiger partial charge in [0, 0.05) is 6.54 Å². The standard InChI is InChI=1S/C19H17N7O2S2/c1-3-9-25-16(22-23-19(25)29)15-11(2)20-18(30-15)21-17(28)14-13(27)10-26(24-14)12-7-5-4-6-8-12/h3-8,10,27H,1,9H2,2H3,(H,23,29)(H,20,21,28). The van der Waals surface area contributed by atoms with Crippen molar-refractivity contribution in [2.45, 2.75) is 13.5 Å². The molecule has 3 N–H and O–H groups in total. The third-order valence-corrected chi connectivity index (χ3v) is 5.60. The van der Waals surface area contributed by atoms with E-state index < -0.39 is 5.91 Å². The number of carbonyl (C=O) groups excluding carboxylic acids is 1. The molecule has 0 atom stereocenters. The summed E-state index contributed by atoms with van der Waals surface area (Å²) < 4.78 is 3.71. The number of allylic oxidation sites excluding steroid dienone is 1. The third-order valence-electron chi connectivity index (χ3n) is 4.22. The summed E-state index contributed by atoms with van der Waals surface area (Å²) in [6.45, 7) is 6.05. The number of anilines is 1. The van der Waals surface area contributed by atoms with Crippen LogP contribution in [0.1, 0.15) is 16.2 Å². The molecule has 0 saturated heterocycles. The molecule has 4 rings (SSSR count). The van der Waals surface area contributed by atoms with Gasteiger partial charge in [0.1, 0.15) is 0 Å². The highest BCUT2D eigenvalue weighted by atomic mass is 32.1. The van der Waals surface area contributed by atoms with Gasteiger partial charge in [-0.3, -0.25) is 19.8 Å². The molecule has 3 aromatic heterocycles. The lowest BCUT2D eigenvalue weighted by Crippen LogP contribution is -2.13. The first-order valence-electron chi connectivity index (χ1n) is 8.87. The quantitative estimate of drug-likeness (QED) is 0.312. The zero-order chi connectivity index (χ0) is 21.3. The normalized spacial score (nSPS) is 10.8. The number of hydrogen-bond donors (Lipinski definition) is 3. The molecular formula is C19H17N7O2S2. The van der Waals surface area contributed by atoms with E-state index in [9.17, 15) is 9.90 Å². The number of aryl methyl sites for hydroxylation is 1. The van der Waals surface area contributed by atoms with Crippen LogP contribution in [0.3, 0.4) is 0 Å². The molecule has 0 fully saturated rings. The maximum Gasteiger partial charge on any atom is 0.281 e. The van der Waals surface area contributed by atoms with Crippen LogP contribution in [0.2, 0.25) is 0 Å². The highest BCUT2D eigenvalue weighted by Crippen LogP contribution is 2.32. The molecule has 9 nitrogen and oxygen atoms in total. The monoisotopic (exact) mass is 439 g/mol. The Balaban J connectivity index is 1.60. The maximum absolute atomic E-state index is 12.7. The third kappa shape index (κ3) is 3.67. The Hall–Kier alpha value is -3.57. The second-order valence-corrected chi connectivity index (χ2v) is 7.67. The number of thiazole rings is 1. The highest BCUT2D eigenvalue weighted by Gasteiger charge is 2.21. The second-order valence-electron chi connectivity index (χ2n) is 6.28. The topological polar surface area (TPSA) is 114 Å². The molecule has 1 aromatic carbocycles. The van der Waals surface area contributed by atoms with E-state index in [4.69, 9.17) is 12.2 Å². The van der Waals surface area contributed by atoms with Crippen molar-refractivity contribution in [1.29, 1.82) is 0 Å². The van der Waals surface area contributed by atoms with Gasteiger partial charge in [-0.1, -0.05) is 35.6 Å². The molecule has 1 amide bonds. The van der Waals surface area contributed by atoms with Crippen LogP contribution in [0.5, 0.6) is 5.75 Å². The van der Waals surface area contributed by atoms with Crippen LogP contribution in [0.15, 0.2) is 49.2 Å². The molecule has 4 aromatic rings. The molecule has 0 saturated carbocycles. The molecule has 0 radical (unpaired) electrons. The summed E-state index contributed by atoms with van der Waals surface area (Å²) in [5, 5.41) is 24.5. The largest absolute Gasteiger partial charge is 0.504 e. The van der Waals surface area contributed by atoms with E-state index in [1.807, 2.05) is 37.3 Å². The van der Waals surface area contributed by atoms with Crippen LogP contribution in [0.4, 0.5) is 5.13 Å². The number of aromatic hydroxyl groups is 1. The first-order chi connectivity index (χ1) is 14.5. The van der Waals surface area contributed by atoms with E-state index in [1.165, 1.54) is 22.2 Å². The molecule has 0 bridgehead atoms. The van der Waals surface area contributed by atoms with Gasteiger partial charge in [-0.15, -0.1) is 6.58 Å². The summed E-state index contributed by atoms with van der Waals surface area (Å²) in [6, 6.07) is 9.20. The first-order valence-corrected chi connectivity index (χ1v) is 10.1. The fraction of sp³-hybridized carbons (Fsp3) is 0.105. The van der Waals surface area contributed by atoms with Gasteiger partial charge in [0.15, 0.2) is 27.2 Å². The predicted octanol–water partition coefficient (Wildman–Crippen LogP) is 3.70. The van der Waals surface area contributed by atoms with Crippen molar-refractivity contribution in [3.63, 3.8) is 0 Å². The van der Waals surface area contributed by atoms with Crippen LogP contribution in [-0.2, 0) is 6.54 Å². The maximum atomic E-state index is 12.7. The number of nitrogens with one attached hydrogen (secondary N) is 2. The Morgan fingerprint density at radius 1 is 1.40 bits per heavy atom. The van der Waals surface area contributed by atoms with E-state index in [2.05, 4.69) is 32.2 Å². The summed E-state index contributed by atoms with van der Waals surface area (Å²) in [5.74, 6) is -0.171. The first kappa shape index (κ1) is 19.7. The van der Waals surface area contributed by atoms with E-state index in [1.54, 1.807) is 10.6 Å². The number of aromatic amines is 1. The summed E-state index contributed by atoms with van der Waals surface area (Å²) in [4.78, 5) is 17.8. The van der Waals surface area contributed by atoms with Gasteiger partial charge in [-0.05, 0) is 31.3 Å². The number of aromatic nitrogens is 6. The van der Waals surface area contributed by atoms with Gasteiger partial charge in [0.25, 0.3) is 5.91 Å². The minimum Gasteiger partial charge on any atom is -0.504 e. The Kier molecular flexibility index (Phi) is 5.29. The summed E-state index contributed by atoms with van der Waals surface area (Å²) in [5.41, 5.74) is 1.32. The number of benzene rings is 1. The number of hydrogen-bond acceptors (Lipinski definition) is 7. The van der Waals surface area contributed by atoms with Crippen molar-refractivity contribution in [3.8, 4) is 22.1 Å². The van der Waals surface area contributed by atoms with E-state index >= 15 is 0 Å². The molecule has 0 aliphatic heterocycles. The SMILES string of the molecule is C=CCn1c(-c2sc(NC(=O)c3nn(-c4ccccc4)cc3O)nc2C)n[nH]c1=S. The number of para-hydroxylation sites is 1. The van der Waals surface area contributed by atoms with Gasteiger partial charge in [0.2, 0.25) is 0 Å². The molecule has 3 heterocycles. The van der Waals surface area contributed by atoms with Crippen LogP contribution >= 0.6 is 23.6 Å². The highest BCUT2D eigenvalue weighted by molar-refractivity contribution is 7.71. The van der Waals surface area contributed by atoms with Crippen LogP contribution in [0.25, 0.3) is 16.4 Å². The molecule has 0 aliphatic carbocycles. The molecule has 0 unspecified atom stereocenters. The molecular weight excluding hydrogens is 422 g/mol. The van der Waals surface area contributed by atoms with Crippen molar-refractivity contribution in [2.75, 3.05) is 5.32 Å². The van der Waals surface area contributed by atoms with Crippen molar-refractivity contribution in [2.24, 2.45) is 0 Å². The van der Waals surface area contributed by atoms with Crippen LogP contribution < -0.4 is 5.32 Å².